The number of Topliss-reactive ketones (excluding diaryl/α,β-unsaturated/α-hetero) is 1. The van der Waals surface area contributed by atoms with Crippen LogP contribution in [0.5, 0.6) is 0 Å². The van der Waals surface area contributed by atoms with Crippen LogP contribution in [-0.2, 0) is 4.79 Å². The first-order valence-electron chi connectivity index (χ1n) is 6.43. The lowest BCUT2D eigenvalue weighted by Crippen LogP contribution is -2.07. The zero-order chi connectivity index (χ0) is 15.5. The second-order valence-electron chi connectivity index (χ2n) is 5.31. The molecule has 3 nitrogen and oxygen atoms in total. The topological polar surface area (TPSA) is 60.4 Å². The smallest absolute Gasteiger partial charge is 0.876 e. The molecule has 0 aliphatic carbocycles. The van der Waals surface area contributed by atoms with Crippen LogP contribution in [0, 0.1) is 11.8 Å². The summed E-state index contributed by atoms with van der Waals surface area (Å²) < 4.78 is 0. The summed E-state index contributed by atoms with van der Waals surface area (Å²) in [6.07, 6.45) is -0.148. The molecule has 1 N–H and O–H groups in total. The number of hydrogen-bond acceptors (Lipinski definition) is 3. The molecule has 0 amide bonds. The van der Waals surface area contributed by atoms with Crippen molar-refractivity contribution in [3.8, 4) is 0 Å². The van der Waals surface area contributed by atoms with E-state index in [9.17, 15) is 9.90 Å². The van der Waals surface area contributed by atoms with Gasteiger partial charge in [-0.1, -0.05) is 40.2 Å². The van der Waals surface area contributed by atoms with Crippen molar-refractivity contribution in [3.63, 3.8) is 0 Å². The third kappa shape index (κ3) is 24.4. The molecular formula is C15H33O3+. The quantitative estimate of drug-likeness (QED) is 0.777. The number of carbonyl (C=O) groups excluding carboxylic acids is 1. The predicted octanol–water partition coefficient (Wildman–Crippen LogP) is 3.14. The largest absolute Gasteiger partial charge is 1.00 e. The molecule has 110 valence electrons. The third-order valence-electron chi connectivity index (χ3n) is 2.48. The van der Waals surface area contributed by atoms with E-state index in [2.05, 4.69) is 0 Å². The van der Waals surface area contributed by atoms with Crippen molar-refractivity contribution in [1.29, 1.82) is 0 Å². The number of hydrogen-bond donors (Lipinski definition) is 1. The second kappa shape index (κ2) is 12.6. The second-order valence-corrected chi connectivity index (χ2v) is 5.31. The van der Waals surface area contributed by atoms with Crippen LogP contribution in [0.4, 0.5) is 0 Å². The molecule has 0 heterocycles. The highest BCUT2D eigenvalue weighted by Gasteiger charge is 1.97. The molecule has 0 rings (SSSR count). The monoisotopic (exact) mass is 261 g/mol. The van der Waals surface area contributed by atoms with Gasteiger partial charge in [-0.2, -0.15) is 0 Å². The molecule has 18 heavy (non-hydrogen) atoms. The van der Waals surface area contributed by atoms with E-state index in [-0.39, 0.29) is 26.4 Å². The Labute approximate surface area is 116 Å². The van der Waals surface area contributed by atoms with Crippen LogP contribution in [-0.4, -0.2) is 17.0 Å². The molecular weight excluding hydrogens is 228 g/mol. The molecule has 0 spiro atoms. The van der Waals surface area contributed by atoms with Gasteiger partial charge in [-0.3, -0.25) is 4.79 Å². The van der Waals surface area contributed by atoms with Gasteiger partial charge in [0.2, 0.25) is 0 Å². The van der Waals surface area contributed by atoms with Crippen molar-refractivity contribution in [3.05, 3.63) is 11.3 Å². The fraction of sp³-hybridized carbons (Fsp3) is 0.800. The van der Waals surface area contributed by atoms with E-state index < -0.39 is 0 Å². The molecule has 0 saturated heterocycles. The van der Waals surface area contributed by atoms with Gasteiger partial charge in [0, 0.05) is 5.92 Å². The lowest BCUT2D eigenvalue weighted by atomic mass is 10.1. The standard InChI is InChI=1S/C5H12O.2C5H10O/c3*1-4(2)5(3)6/h4-6H,1-3H3;6H,1-3H3;4H,1-3H3/p+1. The summed E-state index contributed by atoms with van der Waals surface area (Å²) in [5.41, 5.74) is 0.870. The van der Waals surface area contributed by atoms with E-state index in [0.29, 0.717) is 5.92 Å². The number of rotatable bonds is 2. The maximum atomic E-state index is 10.1. The minimum Gasteiger partial charge on any atom is -0.876 e. The molecule has 0 aliphatic rings. The van der Waals surface area contributed by atoms with Gasteiger partial charge >= 0.3 is 2.85 Å². The Morgan fingerprint density at radius 1 is 1.00 bits per heavy atom. The molecule has 0 fully saturated rings. The Bertz CT molecular complexity index is 224. The number of aliphatic hydroxyl groups excluding tert-OH is 1. The number of ketones is 1. The highest BCUT2D eigenvalue weighted by molar-refractivity contribution is 5.77. The lowest BCUT2D eigenvalue weighted by Gasteiger charge is -2.04. The zero-order valence-corrected chi connectivity index (χ0v) is 13.5. The molecule has 1 atom stereocenters. The molecule has 0 bridgehead atoms. The van der Waals surface area contributed by atoms with Crippen molar-refractivity contribution in [1.82, 2.24) is 0 Å². The Hall–Kier alpha value is -0.830. The number of carbonyl (C=O) groups is 1. The molecule has 0 aromatic rings. The van der Waals surface area contributed by atoms with E-state index in [0.717, 1.165) is 5.57 Å². The fourth-order valence-electron chi connectivity index (χ4n) is 0. The van der Waals surface area contributed by atoms with Crippen LogP contribution in [0.15, 0.2) is 11.3 Å². The molecule has 0 radical (unpaired) electrons. The van der Waals surface area contributed by atoms with Crippen LogP contribution < -0.4 is 5.11 Å². The van der Waals surface area contributed by atoms with E-state index in [1.165, 1.54) is 0 Å². The highest BCUT2D eigenvalue weighted by atomic mass is 16.3. The van der Waals surface area contributed by atoms with Crippen molar-refractivity contribution in [2.45, 2.75) is 68.4 Å². The average Bonchev–Trinajstić information content (AvgIpc) is 2.18. The van der Waals surface area contributed by atoms with Crippen LogP contribution in [0.2, 0.25) is 0 Å². The first-order valence-corrected chi connectivity index (χ1v) is 6.43. The van der Waals surface area contributed by atoms with E-state index in [4.69, 9.17) is 5.11 Å². The molecule has 0 aromatic heterocycles. The lowest BCUT2D eigenvalue weighted by molar-refractivity contribution is -0.303. The Kier molecular flexibility index (Phi) is 15.7. The summed E-state index contributed by atoms with van der Waals surface area (Å²) in [5, 5.41) is 18.7. The highest BCUT2D eigenvalue weighted by Crippen LogP contribution is 1.96. The molecule has 3 heteroatoms. The number of aliphatic hydroxyl groups is 1. The van der Waals surface area contributed by atoms with E-state index in [1.54, 1.807) is 20.8 Å². The zero-order valence-electron chi connectivity index (χ0n) is 15.5. The molecule has 1 unspecified atom stereocenters. The van der Waals surface area contributed by atoms with Crippen LogP contribution >= 0.6 is 0 Å². The maximum Gasteiger partial charge on any atom is 1.00 e. The van der Waals surface area contributed by atoms with Crippen LogP contribution in [0.1, 0.15) is 65.2 Å². The van der Waals surface area contributed by atoms with Crippen LogP contribution in [0.25, 0.3) is 0 Å². The van der Waals surface area contributed by atoms with Crippen molar-refractivity contribution in [2.24, 2.45) is 11.8 Å². The van der Waals surface area contributed by atoms with Gasteiger partial charge in [0.25, 0.3) is 0 Å². The van der Waals surface area contributed by atoms with Crippen molar-refractivity contribution < 1.29 is 17.9 Å². The average molecular weight is 261 g/mol. The third-order valence-corrected chi connectivity index (χ3v) is 2.48. The summed E-state index contributed by atoms with van der Waals surface area (Å²) in [6.45, 7) is 16.3. The Morgan fingerprint density at radius 2 is 1.17 bits per heavy atom. The van der Waals surface area contributed by atoms with Gasteiger partial charge in [-0.15, -0.1) is 5.76 Å². The summed E-state index contributed by atoms with van der Waals surface area (Å²) in [5.74, 6) is 1.06. The summed E-state index contributed by atoms with van der Waals surface area (Å²) in [6, 6.07) is 0. The molecule has 0 aliphatic heterocycles. The first kappa shape index (κ1) is 22.4. The van der Waals surface area contributed by atoms with Crippen LogP contribution in [0.3, 0.4) is 0 Å². The first-order chi connectivity index (χ1) is 7.93. The number of allylic oxidation sites excluding steroid dienone is 2. The SMILES string of the molecule is CC(=O)C(C)C.CC(C)=C(C)[O-].CC(C)C(C)O.[H+].[H+]. The summed E-state index contributed by atoms with van der Waals surface area (Å²) >= 11 is 0. The summed E-state index contributed by atoms with van der Waals surface area (Å²) in [7, 11) is 0. The van der Waals surface area contributed by atoms with Gasteiger partial charge in [0.1, 0.15) is 5.78 Å². The van der Waals surface area contributed by atoms with Gasteiger partial charge in [-0.25, -0.2) is 0 Å². The minimum absolute atomic E-state index is 0. The van der Waals surface area contributed by atoms with Crippen molar-refractivity contribution in [2.75, 3.05) is 0 Å². The van der Waals surface area contributed by atoms with Crippen molar-refractivity contribution >= 4 is 5.78 Å². The Balaban J connectivity index is -0.0000000536. The van der Waals surface area contributed by atoms with Gasteiger partial charge in [0.15, 0.2) is 0 Å². The normalized spacial score (nSPS) is 10.9. The van der Waals surface area contributed by atoms with Gasteiger partial charge in [-0.05, 0) is 33.6 Å². The molecule has 0 saturated carbocycles. The predicted molar refractivity (Wildman–Crippen MR) is 78.3 cm³/mol. The van der Waals surface area contributed by atoms with Gasteiger partial charge < -0.3 is 10.2 Å². The summed E-state index contributed by atoms with van der Waals surface area (Å²) in [4.78, 5) is 10.1. The minimum atomic E-state index is -0.148. The Morgan fingerprint density at radius 3 is 1.17 bits per heavy atom. The van der Waals surface area contributed by atoms with E-state index in [1.807, 2.05) is 41.5 Å². The van der Waals surface area contributed by atoms with E-state index >= 15 is 0 Å². The maximum absolute atomic E-state index is 10.1. The molecule has 0 aromatic carbocycles. The fourth-order valence-corrected chi connectivity index (χ4v) is 0. The van der Waals surface area contributed by atoms with Gasteiger partial charge in [0.05, 0.1) is 6.10 Å².